The van der Waals surface area contributed by atoms with Crippen molar-refractivity contribution in [1.29, 1.82) is 0 Å². The molecule has 0 aliphatic carbocycles. The Morgan fingerprint density at radius 1 is 1.44 bits per heavy atom. The van der Waals surface area contributed by atoms with Crippen LogP contribution in [0.5, 0.6) is 0 Å². The summed E-state index contributed by atoms with van der Waals surface area (Å²) in [6.07, 6.45) is 2.47. The molecule has 4 heteroatoms. The summed E-state index contributed by atoms with van der Waals surface area (Å²) in [5.41, 5.74) is -0.781. The summed E-state index contributed by atoms with van der Waals surface area (Å²) in [4.78, 5) is 0. The third-order valence-electron chi connectivity index (χ3n) is 3.72. The molecule has 1 aliphatic rings. The van der Waals surface area contributed by atoms with Gasteiger partial charge in [-0.05, 0) is 12.8 Å². The Morgan fingerprint density at radius 3 is 2.56 bits per heavy atom. The van der Waals surface area contributed by atoms with E-state index in [0.29, 0.717) is 13.2 Å². The van der Waals surface area contributed by atoms with Crippen LogP contribution in [-0.4, -0.2) is 49.7 Å². The third-order valence-corrected chi connectivity index (χ3v) is 3.72. The Kier molecular flexibility index (Phi) is 5.18. The molecule has 1 rings (SSSR count). The topological polar surface area (TPSA) is 50.7 Å². The van der Waals surface area contributed by atoms with Crippen LogP contribution in [0.4, 0.5) is 0 Å². The van der Waals surface area contributed by atoms with Crippen molar-refractivity contribution in [3.63, 3.8) is 0 Å². The Labute approximate surface area is 98.3 Å². The molecule has 16 heavy (non-hydrogen) atoms. The van der Waals surface area contributed by atoms with Gasteiger partial charge >= 0.3 is 0 Å². The number of hydrogen-bond donors (Lipinski definition) is 2. The summed E-state index contributed by atoms with van der Waals surface area (Å²) in [7, 11) is 1.72. The Bertz CT molecular complexity index is 198. The van der Waals surface area contributed by atoms with Gasteiger partial charge in [-0.15, -0.1) is 0 Å². The van der Waals surface area contributed by atoms with E-state index in [0.717, 1.165) is 32.4 Å². The minimum absolute atomic E-state index is 0.192. The van der Waals surface area contributed by atoms with Crippen molar-refractivity contribution in [3.8, 4) is 0 Å². The van der Waals surface area contributed by atoms with Crippen molar-refractivity contribution in [3.05, 3.63) is 0 Å². The highest BCUT2D eigenvalue weighted by molar-refractivity contribution is 4.88. The third kappa shape index (κ3) is 3.42. The highest BCUT2D eigenvalue weighted by Crippen LogP contribution is 2.22. The largest absolute Gasteiger partial charge is 0.389 e. The molecule has 4 nitrogen and oxygen atoms in total. The van der Waals surface area contributed by atoms with E-state index in [1.54, 1.807) is 7.11 Å². The number of methoxy groups -OCH3 is 1. The molecule has 1 saturated heterocycles. The monoisotopic (exact) mass is 231 g/mol. The lowest BCUT2D eigenvalue weighted by Crippen LogP contribution is -2.48. The van der Waals surface area contributed by atoms with E-state index in [9.17, 15) is 5.11 Å². The highest BCUT2D eigenvalue weighted by atomic mass is 16.5. The van der Waals surface area contributed by atoms with E-state index in [2.05, 4.69) is 5.32 Å². The van der Waals surface area contributed by atoms with Crippen LogP contribution in [0.25, 0.3) is 0 Å². The van der Waals surface area contributed by atoms with Gasteiger partial charge in [0.25, 0.3) is 0 Å². The second-order valence-corrected chi connectivity index (χ2v) is 4.72. The fourth-order valence-electron chi connectivity index (χ4n) is 1.98. The number of hydrogen-bond acceptors (Lipinski definition) is 4. The van der Waals surface area contributed by atoms with Gasteiger partial charge in [-0.1, -0.05) is 13.8 Å². The first kappa shape index (κ1) is 13.9. The van der Waals surface area contributed by atoms with Crippen molar-refractivity contribution in [2.75, 3.05) is 33.4 Å². The Balaban J connectivity index is 2.33. The average Bonchev–Trinajstić information content (AvgIpc) is 2.78. The van der Waals surface area contributed by atoms with E-state index in [4.69, 9.17) is 9.47 Å². The lowest BCUT2D eigenvalue weighted by atomic mass is 9.96. The van der Waals surface area contributed by atoms with Gasteiger partial charge < -0.3 is 19.9 Å². The molecule has 0 spiro atoms. The first-order valence-corrected chi connectivity index (χ1v) is 6.16. The van der Waals surface area contributed by atoms with Gasteiger partial charge in [0.15, 0.2) is 0 Å². The van der Waals surface area contributed by atoms with Crippen LogP contribution in [0.15, 0.2) is 0 Å². The molecule has 0 aromatic heterocycles. The Hall–Kier alpha value is -0.160. The van der Waals surface area contributed by atoms with E-state index in [1.807, 2.05) is 13.8 Å². The predicted octanol–water partition coefficient (Wildman–Crippen LogP) is 0.933. The van der Waals surface area contributed by atoms with Crippen LogP contribution in [0, 0.1) is 0 Å². The summed E-state index contributed by atoms with van der Waals surface area (Å²) in [5, 5.41) is 13.4. The minimum atomic E-state index is -0.589. The molecule has 1 aliphatic heterocycles. The van der Waals surface area contributed by atoms with Gasteiger partial charge in [-0.25, -0.2) is 0 Å². The molecular weight excluding hydrogens is 206 g/mol. The van der Waals surface area contributed by atoms with Gasteiger partial charge in [0.2, 0.25) is 0 Å². The van der Waals surface area contributed by atoms with Crippen LogP contribution in [0.3, 0.4) is 0 Å². The lowest BCUT2D eigenvalue weighted by molar-refractivity contribution is -0.0239. The SMILES string of the molecule is CCC(O)(CC)CNCC1(OC)CCOC1. The molecule has 1 fully saturated rings. The quantitative estimate of drug-likeness (QED) is 0.684. The molecule has 0 saturated carbocycles. The average molecular weight is 231 g/mol. The molecule has 1 heterocycles. The van der Waals surface area contributed by atoms with Gasteiger partial charge in [0.1, 0.15) is 5.60 Å². The smallest absolute Gasteiger partial charge is 0.106 e. The second-order valence-electron chi connectivity index (χ2n) is 4.72. The van der Waals surface area contributed by atoms with Crippen molar-refractivity contribution in [2.24, 2.45) is 0 Å². The fourth-order valence-corrected chi connectivity index (χ4v) is 1.98. The maximum absolute atomic E-state index is 10.1. The lowest BCUT2D eigenvalue weighted by Gasteiger charge is -2.30. The molecule has 2 N–H and O–H groups in total. The number of aliphatic hydroxyl groups is 1. The molecule has 0 amide bonds. The number of ether oxygens (including phenoxy) is 2. The molecule has 0 aromatic rings. The number of rotatable bonds is 7. The van der Waals surface area contributed by atoms with Crippen molar-refractivity contribution in [1.82, 2.24) is 5.32 Å². The number of nitrogens with one attached hydrogen (secondary N) is 1. The van der Waals surface area contributed by atoms with Crippen molar-refractivity contribution < 1.29 is 14.6 Å². The van der Waals surface area contributed by atoms with Crippen molar-refractivity contribution in [2.45, 2.75) is 44.3 Å². The van der Waals surface area contributed by atoms with Crippen LogP contribution < -0.4 is 5.32 Å². The second kappa shape index (κ2) is 5.96. The van der Waals surface area contributed by atoms with Crippen LogP contribution in [0.1, 0.15) is 33.1 Å². The molecule has 96 valence electrons. The van der Waals surface area contributed by atoms with Crippen LogP contribution in [0.2, 0.25) is 0 Å². The van der Waals surface area contributed by atoms with E-state index < -0.39 is 5.60 Å². The first-order chi connectivity index (χ1) is 7.60. The maximum atomic E-state index is 10.1. The van der Waals surface area contributed by atoms with E-state index in [-0.39, 0.29) is 5.60 Å². The van der Waals surface area contributed by atoms with E-state index in [1.165, 1.54) is 0 Å². The maximum Gasteiger partial charge on any atom is 0.106 e. The zero-order valence-corrected chi connectivity index (χ0v) is 10.7. The molecular formula is C12H25NO3. The summed E-state index contributed by atoms with van der Waals surface area (Å²) in [5.74, 6) is 0. The first-order valence-electron chi connectivity index (χ1n) is 6.16. The van der Waals surface area contributed by atoms with E-state index >= 15 is 0 Å². The Morgan fingerprint density at radius 2 is 2.12 bits per heavy atom. The highest BCUT2D eigenvalue weighted by Gasteiger charge is 2.35. The molecule has 1 atom stereocenters. The fraction of sp³-hybridized carbons (Fsp3) is 1.00. The normalized spacial score (nSPS) is 26.2. The van der Waals surface area contributed by atoms with Gasteiger partial charge in [0.05, 0.1) is 12.2 Å². The summed E-state index contributed by atoms with van der Waals surface area (Å²) in [6.45, 7) is 6.79. The summed E-state index contributed by atoms with van der Waals surface area (Å²) in [6, 6.07) is 0. The van der Waals surface area contributed by atoms with Gasteiger partial charge in [-0.2, -0.15) is 0 Å². The standard InChI is InChI=1S/C12H25NO3/c1-4-11(14,5-2)8-13-9-12(15-3)6-7-16-10-12/h13-14H,4-10H2,1-3H3. The predicted molar refractivity (Wildman–Crippen MR) is 63.6 cm³/mol. The molecule has 0 bridgehead atoms. The van der Waals surface area contributed by atoms with Crippen LogP contribution in [-0.2, 0) is 9.47 Å². The van der Waals surface area contributed by atoms with Crippen molar-refractivity contribution >= 4 is 0 Å². The summed E-state index contributed by atoms with van der Waals surface area (Å²) >= 11 is 0. The van der Waals surface area contributed by atoms with Crippen LogP contribution >= 0.6 is 0 Å². The molecule has 1 unspecified atom stereocenters. The van der Waals surface area contributed by atoms with Gasteiger partial charge in [-0.3, -0.25) is 0 Å². The van der Waals surface area contributed by atoms with Gasteiger partial charge in [0, 0.05) is 33.2 Å². The molecule has 0 radical (unpaired) electrons. The zero-order valence-electron chi connectivity index (χ0n) is 10.7. The molecule has 0 aromatic carbocycles. The zero-order chi connectivity index (χ0) is 12.1. The minimum Gasteiger partial charge on any atom is -0.389 e. The summed E-state index contributed by atoms with van der Waals surface area (Å²) < 4.78 is 10.9.